The molecule has 174 valence electrons. The Labute approximate surface area is 194 Å². The van der Waals surface area contributed by atoms with Crippen LogP contribution in [0.5, 0.6) is 0 Å². The Morgan fingerprint density at radius 2 is 0.742 bits per heavy atom. The summed E-state index contributed by atoms with van der Waals surface area (Å²) < 4.78 is 106. The molecule has 19 heteroatoms. The first-order valence-electron chi connectivity index (χ1n) is 6.76. The van der Waals surface area contributed by atoms with Crippen molar-refractivity contribution in [3.8, 4) is 0 Å². The summed E-state index contributed by atoms with van der Waals surface area (Å²) in [4.78, 5) is 29.1. The first-order valence-corrected chi connectivity index (χ1v) is 6.76. The average Bonchev–Trinajstić information content (AvgIpc) is 2.67. The van der Waals surface area contributed by atoms with E-state index in [0.717, 1.165) is 0 Å². The van der Waals surface area contributed by atoms with Crippen molar-refractivity contribution in [3.05, 3.63) is 34.6 Å². The van der Waals surface area contributed by atoms with Gasteiger partial charge < -0.3 is 29.7 Å². The quantitative estimate of drug-likeness (QED) is 0.206. The summed E-state index contributed by atoms with van der Waals surface area (Å²) >= 11 is 0. The molecule has 3 aliphatic rings. The number of rotatable bonds is 3. The van der Waals surface area contributed by atoms with Crippen LogP contribution in [0.1, 0.15) is 0 Å². The number of halogens is 9. The third-order valence-corrected chi connectivity index (χ3v) is 3.12. The van der Waals surface area contributed by atoms with Crippen molar-refractivity contribution in [2.75, 3.05) is 0 Å². The zero-order chi connectivity index (χ0) is 23.7. The molecule has 0 bridgehead atoms. The van der Waals surface area contributed by atoms with Gasteiger partial charge in [-0.1, -0.05) is 13.4 Å². The van der Waals surface area contributed by atoms with Gasteiger partial charge >= 0.3 is 38.6 Å². The third-order valence-electron chi connectivity index (χ3n) is 3.12. The summed E-state index contributed by atoms with van der Waals surface area (Å²) in [5.41, 5.74) is -4.10. The van der Waals surface area contributed by atoms with Crippen LogP contribution in [0.3, 0.4) is 0 Å². The van der Waals surface area contributed by atoms with E-state index in [0.29, 0.717) is 0 Å². The Bertz CT molecular complexity index is 759. The van der Waals surface area contributed by atoms with Crippen molar-refractivity contribution in [3.63, 3.8) is 0 Å². The number of aliphatic carboxylic acids is 3. The van der Waals surface area contributed by atoms with Crippen molar-refractivity contribution in [2.24, 2.45) is 0 Å². The molecule has 0 aromatic carbocycles. The van der Waals surface area contributed by atoms with Crippen molar-refractivity contribution >= 4 is 17.9 Å². The molecule has 0 aromatic rings. The molecule has 0 radical (unpaired) electrons. The van der Waals surface area contributed by atoms with Gasteiger partial charge in [0.15, 0.2) is 17.5 Å². The number of hydrogen-bond donors (Lipinski definition) is 0. The number of carboxylic acid groups (broad SMARTS) is 3. The van der Waals surface area contributed by atoms with Gasteiger partial charge in [0.05, 0.1) is 17.9 Å². The fourth-order valence-electron chi connectivity index (χ4n) is 1.64. The molecule has 0 aromatic heterocycles. The van der Waals surface area contributed by atoms with E-state index in [1.165, 1.54) is 0 Å². The van der Waals surface area contributed by atoms with Gasteiger partial charge in [0.25, 0.3) is 18.9 Å². The molecule has 0 fully saturated rings. The summed E-state index contributed by atoms with van der Waals surface area (Å²) in [5.74, 6) is -11.1. The Kier molecular flexibility index (Phi) is 10.0. The number of carbonyl (C=O) groups is 3. The van der Waals surface area contributed by atoms with E-state index >= 15 is 0 Å². The minimum Gasteiger partial charge on any atom is -0.543 e. The molecular weight excluding hydrogens is 612 g/mol. The largest absolute Gasteiger partial charge is 3.00 e. The molecule has 0 saturated heterocycles. The van der Waals surface area contributed by atoms with Gasteiger partial charge in [-0.3, -0.25) is 0 Å². The second-order valence-electron chi connectivity index (χ2n) is 4.89. The summed E-state index contributed by atoms with van der Waals surface area (Å²) in [5, 5.41) is 26.5. The number of carbonyl (C=O) groups excluding carboxylic acids is 3. The normalized spacial score (nSPS) is 23.9. The molecular formula is C12H3F9N3O6Tb. The number of hydrogen-bond acceptors (Lipinski definition) is 9. The van der Waals surface area contributed by atoms with Crippen LogP contribution in [-0.2, 0) is 14.4 Å². The maximum absolute atomic E-state index is 11.9. The number of carboxylic acids is 3. The van der Waals surface area contributed by atoms with Gasteiger partial charge in [-0.15, -0.1) is 0 Å². The van der Waals surface area contributed by atoms with Gasteiger partial charge in [-0.05, 0) is 0 Å². The molecule has 3 rings (SSSR count). The second kappa shape index (κ2) is 10.8. The van der Waals surface area contributed by atoms with E-state index in [1.54, 1.807) is 0 Å². The SMILES string of the molecule is O=C([O-])C1=C(F)C(F)N1F.O=C([O-])C1=C(F)C(F)N1F.O=C([O-])C1=C(F)C(F)N1F.[Tb+3]. The van der Waals surface area contributed by atoms with Crippen LogP contribution in [0.2, 0.25) is 0 Å². The van der Waals surface area contributed by atoms with E-state index < -0.39 is 86.7 Å². The monoisotopic (exact) mass is 615 g/mol. The first-order chi connectivity index (χ1) is 13.7. The van der Waals surface area contributed by atoms with Gasteiger partial charge in [-0.25, -0.2) is 26.3 Å². The third kappa shape index (κ3) is 5.49. The van der Waals surface area contributed by atoms with Crippen LogP contribution in [0, 0.1) is 38.6 Å². The van der Waals surface area contributed by atoms with Gasteiger partial charge in [-0.2, -0.15) is 15.4 Å². The molecule has 0 aliphatic carbocycles. The zero-order valence-electron chi connectivity index (χ0n) is 13.8. The predicted molar refractivity (Wildman–Crippen MR) is 63.0 cm³/mol. The Hall–Kier alpha value is -2.31. The summed E-state index contributed by atoms with van der Waals surface area (Å²) in [6, 6.07) is 0. The molecule has 3 atom stereocenters. The van der Waals surface area contributed by atoms with Crippen molar-refractivity contribution in [1.29, 1.82) is 0 Å². The molecule has 3 aliphatic heterocycles. The molecule has 3 heterocycles. The van der Waals surface area contributed by atoms with Crippen molar-refractivity contribution < 1.29 is 108 Å². The number of alkyl halides is 3. The van der Waals surface area contributed by atoms with Crippen LogP contribution in [-0.4, -0.2) is 52.2 Å². The van der Waals surface area contributed by atoms with E-state index in [2.05, 4.69) is 0 Å². The van der Waals surface area contributed by atoms with Gasteiger partial charge in [0.2, 0.25) is 0 Å². The standard InChI is InChI=1S/3C4H2F3NO2.Tb/c3*5-1-2(4(9)10)8(7)3(1)6;/h3*3H,(H,9,10);/q;;;+3/p-3. The van der Waals surface area contributed by atoms with Crippen LogP contribution in [0.25, 0.3) is 0 Å². The molecule has 3 unspecified atom stereocenters. The predicted octanol–water partition coefficient (Wildman–Crippen LogP) is -1.76. The maximum atomic E-state index is 11.9. The van der Waals surface area contributed by atoms with Crippen LogP contribution >= 0.6 is 0 Å². The minimum absolute atomic E-state index is 0. The smallest absolute Gasteiger partial charge is 0.543 e. The van der Waals surface area contributed by atoms with Crippen molar-refractivity contribution in [2.45, 2.75) is 18.9 Å². The van der Waals surface area contributed by atoms with E-state index in [1.807, 2.05) is 0 Å². The average molecular weight is 615 g/mol. The minimum atomic E-state index is -2.58. The molecule has 31 heavy (non-hydrogen) atoms. The summed E-state index contributed by atoms with van der Waals surface area (Å²) in [6.07, 6.45) is -7.73. The topological polar surface area (TPSA) is 130 Å². The van der Waals surface area contributed by atoms with Crippen LogP contribution < -0.4 is 15.3 Å². The molecule has 0 saturated carbocycles. The number of nitrogens with zero attached hydrogens (tertiary/aromatic N) is 3. The van der Waals surface area contributed by atoms with Crippen LogP contribution in [0.4, 0.5) is 39.8 Å². The molecule has 0 spiro atoms. The summed E-state index contributed by atoms with van der Waals surface area (Å²) in [7, 11) is 0. The van der Waals surface area contributed by atoms with Crippen LogP contribution in [0.15, 0.2) is 34.6 Å². The maximum Gasteiger partial charge on any atom is 3.00 e. The van der Waals surface area contributed by atoms with Crippen molar-refractivity contribution in [1.82, 2.24) is 15.4 Å². The molecule has 9 nitrogen and oxygen atoms in total. The van der Waals surface area contributed by atoms with Gasteiger partial charge in [0, 0.05) is 0 Å². The molecule has 0 amide bonds. The van der Waals surface area contributed by atoms with E-state index in [-0.39, 0.29) is 38.6 Å². The Balaban J connectivity index is 0.000000429. The Morgan fingerprint density at radius 3 is 0.806 bits per heavy atom. The second-order valence-corrected chi connectivity index (χ2v) is 4.89. The fraction of sp³-hybridized carbons (Fsp3) is 0.250. The first kappa shape index (κ1) is 28.7. The van der Waals surface area contributed by atoms with E-state index in [9.17, 15) is 69.5 Å². The fourth-order valence-corrected chi connectivity index (χ4v) is 1.64. The zero-order valence-corrected chi connectivity index (χ0v) is 15.9. The molecule has 0 N–H and O–H groups in total. The Morgan fingerprint density at radius 1 is 0.581 bits per heavy atom. The van der Waals surface area contributed by atoms with Gasteiger partial charge in [0.1, 0.15) is 17.1 Å². The summed E-state index contributed by atoms with van der Waals surface area (Å²) in [6.45, 7) is 0. The van der Waals surface area contributed by atoms with E-state index in [4.69, 9.17) is 0 Å².